The summed E-state index contributed by atoms with van der Waals surface area (Å²) < 4.78 is 43.4. The molecule has 2 aromatic carbocycles. The van der Waals surface area contributed by atoms with Crippen LogP contribution in [-0.4, -0.2) is 56.9 Å². The van der Waals surface area contributed by atoms with Crippen LogP contribution in [0, 0.1) is 11.2 Å². The molecule has 0 amide bonds. The third-order valence-electron chi connectivity index (χ3n) is 8.65. The Kier molecular flexibility index (Phi) is 18.9. The summed E-state index contributed by atoms with van der Waals surface area (Å²) in [4.78, 5) is 51.2. The van der Waals surface area contributed by atoms with Crippen LogP contribution in [0.4, 0.5) is 4.39 Å². The first-order valence-electron chi connectivity index (χ1n) is 18.4. The standard InChI is InChI=1S/C42H57FO9/c1-9-13-14-15-16-18-31-20-21-34(36(43)25-31)35-26-33(19-17-23-50-38(44)29(5)6)37(27-32(35)10-2)52-28-42(40(46)48-11-3,41(47)49-12-4)22-24-51-39(45)30(7)8/h20-21,25-27H,5,7,9-19,22-24,28H2,1-4,6,8H3. The second-order valence-corrected chi connectivity index (χ2v) is 12.9. The molecule has 2 aromatic rings. The van der Waals surface area contributed by atoms with Crippen LogP contribution in [0.2, 0.25) is 0 Å². The van der Waals surface area contributed by atoms with Crippen LogP contribution in [0.3, 0.4) is 0 Å². The van der Waals surface area contributed by atoms with Crippen molar-refractivity contribution in [3.63, 3.8) is 0 Å². The van der Waals surface area contributed by atoms with E-state index in [1.165, 1.54) is 26.2 Å². The zero-order chi connectivity index (χ0) is 38.7. The summed E-state index contributed by atoms with van der Waals surface area (Å²) in [6.07, 6.45) is 7.46. The number of rotatable bonds is 24. The summed E-state index contributed by atoms with van der Waals surface area (Å²) in [7, 11) is 0. The van der Waals surface area contributed by atoms with E-state index in [4.69, 9.17) is 23.7 Å². The summed E-state index contributed by atoms with van der Waals surface area (Å²) in [6, 6.07) is 9.01. The molecule has 10 heteroatoms. The Hall–Kier alpha value is -4.47. The SMILES string of the molecule is C=C(C)C(=O)OCCCc1cc(-c2ccc(CCCCCCC)cc2F)c(CC)cc1OCC(CCOC(=O)C(=C)C)(C(=O)OCC)C(=O)OCC. The third-order valence-corrected chi connectivity index (χ3v) is 8.65. The predicted molar refractivity (Wildman–Crippen MR) is 199 cm³/mol. The van der Waals surface area contributed by atoms with E-state index in [0.29, 0.717) is 41.7 Å². The normalized spacial score (nSPS) is 11.1. The van der Waals surface area contributed by atoms with Gasteiger partial charge in [-0.15, -0.1) is 0 Å². The van der Waals surface area contributed by atoms with Crippen molar-refractivity contribution in [2.45, 2.75) is 106 Å². The molecule has 0 aliphatic carbocycles. The van der Waals surface area contributed by atoms with Crippen molar-refractivity contribution >= 4 is 23.9 Å². The molecular formula is C42H57FO9. The van der Waals surface area contributed by atoms with E-state index >= 15 is 4.39 Å². The van der Waals surface area contributed by atoms with Gasteiger partial charge in [0.25, 0.3) is 0 Å². The van der Waals surface area contributed by atoms with E-state index in [0.717, 1.165) is 30.4 Å². The summed E-state index contributed by atoms with van der Waals surface area (Å²) in [5.41, 5.74) is 1.97. The lowest BCUT2D eigenvalue weighted by atomic mass is 9.85. The minimum atomic E-state index is -1.97. The predicted octanol–water partition coefficient (Wildman–Crippen LogP) is 8.62. The lowest BCUT2D eigenvalue weighted by Gasteiger charge is -2.29. The van der Waals surface area contributed by atoms with Crippen molar-refractivity contribution in [3.05, 3.63) is 77.1 Å². The van der Waals surface area contributed by atoms with Gasteiger partial charge >= 0.3 is 23.9 Å². The van der Waals surface area contributed by atoms with Crippen molar-refractivity contribution in [2.75, 3.05) is 33.0 Å². The monoisotopic (exact) mass is 724 g/mol. The van der Waals surface area contributed by atoms with Gasteiger partial charge in [0.2, 0.25) is 5.41 Å². The van der Waals surface area contributed by atoms with Gasteiger partial charge in [0.15, 0.2) is 0 Å². The van der Waals surface area contributed by atoms with Gasteiger partial charge in [-0.05, 0) is 100 Å². The van der Waals surface area contributed by atoms with Crippen LogP contribution in [0.15, 0.2) is 54.6 Å². The fourth-order valence-electron chi connectivity index (χ4n) is 5.61. The minimum absolute atomic E-state index is 0.0163. The van der Waals surface area contributed by atoms with E-state index in [1.54, 1.807) is 32.9 Å². The van der Waals surface area contributed by atoms with Gasteiger partial charge in [0.1, 0.15) is 18.2 Å². The molecule has 0 unspecified atom stereocenters. The van der Waals surface area contributed by atoms with Crippen molar-refractivity contribution in [1.29, 1.82) is 0 Å². The third kappa shape index (κ3) is 12.9. The van der Waals surface area contributed by atoms with Gasteiger partial charge in [-0.25, -0.2) is 14.0 Å². The number of carbonyl (C=O) groups excluding carboxylic acids is 4. The zero-order valence-corrected chi connectivity index (χ0v) is 32.0. The van der Waals surface area contributed by atoms with E-state index in [-0.39, 0.29) is 49.8 Å². The fourth-order valence-corrected chi connectivity index (χ4v) is 5.61. The first kappa shape index (κ1) is 43.7. The number of carbonyl (C=O) groups is 4. The lowest BCUT2D eigenvalue weighted by molar-refractivity contribution is -0.177. The maximum Gasteiger partial charge on any atom is 0.333 e. The van der Waals surface area contributed by atoms with Crippen LogP contribution in [-0.2, 0) is 57.4 Å². The quantitative estimate of drug-likeness (QED) is 0.0345. The number of aryl methyl sites for hydroxylation is 3. The number of unbranched alkanes of at least 4 members (excludes halogenated alkanes) is 4. The fraction of sp³-hybridized carbons (Fsp3) is 0.524. The molecule has 0 aromatic heterocycles. The number of esters is 4. The first-order valence-corrected chi connectivity index (χ1v) is 18.4. The van der Waals surface area contributed by atoms with Crippen LogP contribution in [0.5, 0.6) is 5.75 Å². The molecule has 0 atom stereocenters. The smallest absolute Gasteiger partial charge is 0.333 e. The lowest BCUT2D eigenvalue weighted by Crippen LogP contribution is -2.47. The van der Waals surface area contributed by atoms with E-state index in [2.05, 4.69) is 20.1 Å². The van der Waals surface area contributed by atoms with Crippen LogP contribution >= 0.6 is 0 Å². The van der Waals surface area contributed by atoms with Gasteiger partial charge in [-0.1, -0.05) is 64.8 Å². The molecule has 0 saturated carbocycles. The molecule has 0 spiro atoms. The highest BCUT2D eigenvalue weighted by Gasteiger charge is 2.50. The molecule has 0 aliphatic rings. The highest BCUT2D eigenvalue weighted by molar-refractivity contribution is 6.00. The Labute approximate surface area is 308 Å². The second-order valence-electron chi connectivity index (χ2n) is 12.9. The maximum atomic E-state index is 15.8. The molecule has 0 fully saturated rings. The molecule has 0 bridgehead atoms. The van der Waals surface area contributed by atoms with E-state index in [1.807, 2.05) is 25.1 Å². The summed E-state index contributed by atoms with van der Waals surface area (Å²) in [5, 5.41) is 0. The minimum Gasteiger partial charge on any atom is -0.491 e. The van der Waals surface area contributed by atoms with Crippen molar-refractivity contribution in [2.24, 2.45) is 5.41 Å². The summed E-state index contributed by atoms with van der Waals surface area (Å²) in [6.45, 7) is 16.9. The summed E-state index contributed by atoms with van der Waals surface area (Å²) >= 11 is 0. The van der Waals surface area contributed by atoms with Crippen LogP contribution in [0.1, 0.15) is 103 Å². The Morgan fingerprint density at radius 3 is 1.87 bits per heavy atom. The average Bonchev–Trinajstić information content (AvgIpc) is 3.11. The number of hydrogen-bond donors (Lipinski definition) is 0. The maximum absolute atomic E-state index is 15.8. The molecule has 2 rings (SSSR count). The van der Waals surface area contributed by atoms with E-state index < -0.39 is 35.9 Å². The summed E-state index contributed by atoms with van der Waals surface area (Å²) in [5.74, 6) is -2.92. The van der Waals surface area contributed by atoms with Gasteiger partial charge in [0.05, 0.1) is 26.4 Å². The van der Waals surface area contributed by atoms with Crippen LogP contribution in [0.25, 0.3) is 11.1 Å². The number of halogens is 1. The first-order chi connectivity index (χ1) is 24.8. The largest absolute Gasteiger partial charge is 0.491 e. The molecule has 0 aliphatic heterocycles. The van der Waals surface area contributed by atoms with Gasteiger partial charge < -0.3 is 23.7 Å². The number of benzene rings is 2. The molecule has 0 N–H and O–H groups in total. The van der Waals surface area contributed by atoms with Gasteiger partial charge in [-0.3, -0.25) is 9.59 Å². The molecule has 286 valence electrons. The molecule has 0 radical (unpaired) electrons. The van der Waals surface area contributed by atoms with Crippen molar-refractivity contribution < 1.29 is 47.3 Å². The second kappa shape index (κ2) is 22.5. The zero-order valence-electron chi connectivity index (χ0n) is 32.0. The molecule has 0 heterocycles. The average molecular weight is 725 g/mol. The Morgan fingerprint density at radius 2 is 1.31 bits per heavy atom. The van der Waals surface area contributed by atoms with Crippen molar-refractivity contribution in [3.8, 4) is 16.9 Å². The van der Waals surface area contributed by atoms with Crippen LogP contribution < -0.4 is 4.74 Å². The van der Waals surface area contributed by atoms with Gasteiger partial charge in [0, 0.05) is 23.1 Å². The molecule has 52 heavy (non-hydrogen) atoms. The van der Waals surface area contributed by atoms with Crippen molar-refractivity contribution in [1.82, 2.24) is 0 Å². The molecule has 0 saturated heterocycles. The molecule has 9 nitrogen and oxygen atoms in total. The molecular weight excluding hydrogens is 667 g/mol. The number of ether oxygens (including phenoxy) is 5. The van der Waals surface area contributed by atoms with E-state index in [9.17, 15) is 19.2 Å². The highest BCUT2D eigenvalue weighted by Crippen LogP contribution is 2.36. The van der Waals surface area contributed by atoms with Gasteiger partial charge in [-0.2, -0.15) is 0 Å². The Balaban J connectivity index is 2.56. The Bertz CT molecular complexity index is 1530. The number of hydrogen-bond acceptors (Lipinski definition) is 9. The highest BCUT2D eigenvalue weighted by atomic mass is 19.1. The Morgan fingerprint density at radius 1 is 0.692 bits per heavy atom. The topological polar surface area (TPSA) is 114 Å².